The zero-order valence-electron chi connectivity index (χ0n) is 14.2. The van der Waals surface area contributed by atoms with Crippen LogP contribution >= 0.6 is 0 Å². The van der Waals surface area contributed by atoms with Crippen LogP contribution in [0.4, 0.5) is 5.82 Å². The van der Waals surface area contributed by atoms with Crippen LogP contribution < -0.4 is 5.32 Å². The average molecular weight is 329 g/mol. The minimum absolute atomic E-state index is 0.174. The van der Waals surface area contributed by atoms with E-state index in [0.717, 1.165) is 12.1 Å². The number of rotatable bonds is 3. The van der Waals surface area contributed by atoms with Gasteiger partial charge in [0.2, 0.25) is 5.91 Å². The van der Waals surface area contributed by atoms with E-state index in [1.54, 1.807) is 23.1 Å². The molecular weight excluding hydrogens is 306 g/mol. The molecule has 0 aliphatic heterocycles. The minimum atomic E-state index is -0.573. The first-order chi connectivity index (χ1) is 11.4. The van der Waals surface area contributed by atoms with E-state index in [1.807, 2.05) is 6.07 Å². The van der Waals surface area contributed by atoms with Crippen molar-refractivity contribution in [1.29, 1.82) is 0 Å². The highest BCUT2D eigenvalue weighted by Crippen LogP contribution is 2.29. The second-order valence-electron chi connectivity index (χ2n) is 7.22. The van der Waals surface area contributed by atoms with Gasteiger partial charge < -0.3 is 10.4 Å². The Hall–Kier alpha value is -2.28. The number of hydrogen-bond acceptors (Lipinski definition) is 5. The predicted octanol–water partition coefficient (Wildman–Crippen LogP) is 2.06. The molecule has 0 spiro atoms. The van der Waals surface area contributed by atoms with Crippen molar-refractivity contribution >= 4 is 11.7 Å². The van der Waals surface area contributed by atoms with Crippen molar-refractivity contribution in [2.24, 2.45) is 5.92 Å². The molecule has 2 aromatic rings. The second kappa shape index (κ2) is 6.32. The molecule has 7 nitrogen and oxygen atoms in total. The van der Waals surface area contributed by atoms with Crippen LogP contribution in [0.1, 0.15) is 45.7 Å². The van der Waals surface area contributed by atoms with Crippen LogP contribution in [0.3, 0.4) is 0 Å². The molecule has 1 fully saturated rings. The second-order valence-corrected chi connectivity index (χ2v) is 7.22. The molecule has 128 valence electrons. The Kier molecular flexibility index (Phi) is 4.36. The summed E-state index contributed by atoms with van der Waals surface area (Å²) in [5, 5.41) is 17.4. The number of nitrogens with one attached hydrogen (secondary N) is 1. The number of carbonyl (C=O) groups is 1. The molecule has 1 amide bonds. The Balaban J connectivity index is 1.93. The zero-order valence-corrected chi connectivity index (χ0v) is 14.2. The van der Waals surface area contributed by atoms with Crippen molar-refractivity contribution in [3.63, 3.8) is 0 Å². The van der Waals surface area contributed by atoms with E-state index in [-0.39, 0.29) is 17.2 Å². The fourth-order valence-corrected chi connectivity index (χ4v) is 2.85. The van der Waals surface area contributed by atoms with Crippen molar-refractivity contribution in [2.45, 2.75) is 51.6 Å². The van der Waals surface area contributed by atoms with Gasteiger partial charge in [-0.3, -0.25) is 4.79 Å². The van der Waals surface area contributed by atoms with Gasteiger partial charge in [-0.2, -0.15) is 9.78 Å². The van der Waals surface area contributed by atoms with E-state index >= 15 is 0 Å². The minimum Gasteiger partial charge on any atom is -0.392 e. The number of aliphatic hydroxyl groups excluding tert-OH is 1. The Morgan fingerprint density at radius 1 is 1.29 bits per heavy atom. The molecule has 0 aromatic carbocycles. The third kappa shape index (κ3) is 3.31. The van der Waals surface area contributed by atoms with Crippen molar-refractivity contribution in [2.75, 3.05) is 5.32 Å². The molecule has 0 bridgehead atoms. The van der Waals surface area contributed by atoms with Gasteiger partial charge in [0.25, 0.3) is 5.95 Å². The smallest absolute Gasteiger partial charge is 0.252 e. The molecule has 1 saturated carbocycles. The molecule has 2 aromatic heterocycles. The van der Waals surface area contributed by atoms with Crippen molar-refractivity contribution < 1.29 is 9.90 Å². The Bertz CT molecular complexity index is 720. The van der Waals surface area contributed by atoms with Gasteiger partial charge >= 0.3 is 0 Å². The molecule has 2 heterocycles. The number of aromatic nitrogens is 4. The fourth-order valence-electron chi connectivity index (χ4n) is 2.85. The molecule has 0 radical (unpaired) electrons. The zero-order chi connectivity index (χ0) is 17.3. The van der Waals surface area contributed by atoms with Crippen LogP contribution in [0.15, 0.2) is 24.5 Å². The maximum atomic E-state index is 12.5. The van der Waals surface area contributed by atoms with Gasteiger partial charge in [-0.05, 0) is 25.3 Å². The lowest BCUT2D eigenvalue weighted by Crippen LogP contribution is -2.29. The van der Waals surface area contributed by atoms with Crippen LogP contribution in [0.5, 0.6) is 0 Å². The van der Waals surface area contributed by atoms with Crippen molar-refractivity contribution in [1.82, 2.24) is 19.7 Å². The quantitative estimate of drug-likeness (QED) is 0.899. The number of nitrogens with zero attached hydrogens (tertiary/aromatic N) is 4. The predicted molar refractivity (Wildman–Crippen MR) is 89.8 cm³/mol. The van der Waals surface area contributed by atoms with E-state index in [0.29, 0.717) is 24.6 Å². The molecule has 7 heteroatoms. The van der Waals surface area contributed by atoms with Gasteiger partial charge in [0.15, 0.2) is 0 Å². The molecule has 2 N–H and O–H groups in total. The maximum absolute atomic E-state index is 12.5. The molecule has 2 unspecified atom stereocenters. The summed E-state index contributed by atoms with van der Waals surface area (Å²) in [4.78, 5) is 20.9. The lowest BCUT2D eigenvalue weighted by Gasteiger charge is -2.14. The van der Waals surface area contributed by atoms with E-state index in [2.05, 4.69) is 41.2 Å². The topological polar surface area (TPSA) is 92.9 Å². The molecule has 1 aliphatic rings. The standard InChI is InChI=1S/C17H23N5O2/c1-17(2,3)13-10-14(20-15(24)11-6-4-7-12(11)23)22(21-13)16-18-8-5-9-19-16/h5,8-12,23H,4,6-7H2,1-3H3,(H,20,24). The van der Waals surface area contributed by atoms with Crippen LogP contribution in [-0.4, -0.2) is 36.9 Å². The third-order valence-electron chi connectivity index (χ3n) is 4.29. The largest absolute Gasteiger partial charge is 0.392 e. The summed E-state index contributed by atoms with van der Waals surface area (Å²) in [6.45, 7) is 6.16. The summed E-state index contributed by atoms with van der Waals surface area (Å²) in [5.74, 6) is 0.367. The van der Waals surface area contributed by atoms with Gasteiger partial charge in [-0.25, -0.2) is 9.97 Å². The first-order valence-electron chi connectivity index (χ1n) is 8.23. The first-order valence-corrected chi connectivity index (χ1v) is 8.23. The summed E-state index contributed by atoms with van der Waals surface area (Å²) in [6, 6.07) is 3.57. The third-order valence-corrected chi connectivity index (χ3v) is 4.29. The SMILES string of the molecule is CC(C)(C)c1cc(NC(=O)C2CCCC2O)n(-c2ncccn2)n1. The Morgan fingerprint density at radius 2 is 2.00 bits per heavy atom. The maximum Gasteiger partial charge on any atom is 0.252 e. The van der Waals surface area contributed by atoms with E-state index < -0.39 is 6.10 Å². The van der Waals surface area contributed by atoms with Gasteiger partial charge in [-0.15, -0.1) is 0 Å². The van der Waals surface area contributed by atoms with Gasteiger partial charge in [0.1, 0.15) is 5.82 Å². The Labute approximate surface area is 141 Å². The van der Waals surface area contributed by atoms with Gasteiger partial charge in [0, 0.05) is 23.9 Å². The summed E-state index contributed by atoms with van der Waals surface area (Å²) < 4.78 is 1.54. The number of hydrogen-bond donors (Lipinski definition) is 2. The van der Waals surface area contributed by atoms with Crippen molar-refractivity contribution in [3.05, 3.63) is 30.2 Å². The number of amides is 1. The van der Waals surface area contributed by atoms with Crippen LogP contribution in [0.2, 0.25) is 0 Å². The summed E-state index contributed by atoms with van der Waals surface area (Å²) in [6.07, 6.45) is 4.94. The Morgan fingerprint density at radius 3 is 2.58 bits per heavy atom. The van der Waals surface area contributed by atoms with E-state index in [4.69, 9.17) is 0 Å². The summed E-state index contributed by atoms with van der Waals surface area (Å²) >= 11 is 0. The molecule has 0 saturated heterocycles. The monoisotopic (exact) mass is 329 g/mol. The van der Waals surface area contributed by atoms with Gasteiger partial charge in [-0.1, -0.05) is 20.8 Å². The van der Waals surface area contributed by atoms with Crippen molar-refractivity contribution in [3.8, 4) is 5.95 Å². The summed E-state index contributed by atoms with van der Waals surface area (Å²) in [7, 11) is 0. The number of anilines is 1. The van der Waals surface area contributed by atoms with Gasteiger partial charge in [0.05, 0.1) is 17.7 Å². The first kappa shape index (κ1) is 16.6. The average Bonchev–Trinajstić information content (AvgIpc) is 3.14. The molecule has 2 atom stereocenters. The van der Waals surface area contributed by atoms with Crippen LogP contribution in [0, 0.1) is 5.92 Å². The molecule has 24 heavy (non-hydrogen) atoms. The van der Waals surface area contributed by atoms with Crippen LogP contribution in [0.25, 0.3) is 5.95 Å². The molecule has 1 aliphatic carbocycles. The number of aliphatic hydroxyl groups is 1. The normalized spacial score (nSPS) is 21.0. The van der Waals surface area contributed by atoms with Crippen LogP contribution in [-0.2, 0) is 10.2 Å². The summed E-state index contributed by atoms with van der Waals surface area (Å²) in [5.41, 5.74) is 0.657. The number of carbonyl (C=O) groups excluding carboxylic acids is 1. The molecule has 3 rings (SSSR count). The lowest BCUT2D eigenvalue weighted by molar-refractivity contribution is -0.122. The van der Waals surface area contributed by atoms with E-state index in [1.165, 1.54) is 0 Å². The van der Waals surface area contributed by atoms with E-state index in [9.17, 15) is 9.90 Å². The highest BCUT2D eigenvalue weighted by atomic mass is 16.3. The lowest BCUT2D eigenvalue weighted by atomic mass is 9.92. The fraction of sp³-hybridized carbons (Fsp3) is 0.529. The highest BCUT2D eigenvalue weighted by molar-refractivity contribution is 5.92. The molecular formula is C17H23N5O2. The highest BCUT2D eigenvalue weighted by Gasteiger charge is 2.32.